The van der Waals surface area contributed by atoms with Crippen molar-refractivity contribution in [1.29, 1.82) is 5.39 Å². The molecule has 2 aliphatic carbocycles. The summed E-state index contributed by atoms with van der Waals surface area (Å²) in [6.07, 6.45) is 7.01. The summed E-state index contributed by atoms with van der Waals surface area (Å²) in [5, 5.41) is 27.5. The average Bonchev–Trinajstić information content (AvgIpc) is 3.06. The van der Waals surface area contributed by atoms with Crippen LogP contribution in [0.2, 0.25) is 0 Å². The van der Waals surface area contributed by atoms with E-state index in [1.165, 1.54) is 27.3 Å². The number of aromatic carboxylic acids is 1. The first-order chi connectivity index (χ1) is 21.9. The molecule has 46 heavy (non-hydrogen) atoms. The molecule has 0 aliphatic heterocycles. The summed E-state index contributed by atoms with van der Waals surface area (Å²) in [5.74, 6) is -2.04. The molecule has 0 aromatic heterocycles. The van der Waals surface area contributed by atoms with E-state index in [-0.39, 0.29) is 28.5 Å². The fraction of sp³-hybridized carbons (Fsp3) is 0.139. The van der Waals surface area contributed by atoms with Crippen LogP contribution in [0.4, 0.5) is 11.4 Å². The van der Waals surface area contributed by atoms with Gasteiger partial charge in [-0.3, -0.25) is 19.7 Å². The molecule has 2 unspecified atom stereocenters. The number of carboxylic acids is 1. The van der Waals surface area contributed by atoms with Crippen LogP contribution in [0.25, 0.3) is 4.98 Å². The number of ketones is 2. The summed E-state index contributed by atoms with van der Waals surface area (Å²) in [6.45, 7) is 5.91. The predicted octanol–water partition coefficient (Wildman–Crippen LogP) is 9.10. The zero-order chi connectivity index (χ0) is 33.8. The van der Waals surface area contributed by atoms with Crippen LogP contribution in [-0.4, -0.2) is 27.6 Å². The van der Waals surface area contributed by atoms with E-state index in [2.05, 4.69) is 58.8 Å². The number of nitro groups is 1. The second kappa shape index (κ2) is 16.7. The van der Waals surface area contributed by atoms with Gasteiger partial charge in [0.1, 0.15) is 5.56 Å². The number of allylic oxidation sites excluding steroid dienone is 4. The Hall–Kier alpha value is -5.28. The van der Waals surface area contributed by atoms with Crippen molar-refractivity contribution in [2.75, 3.05) is 0 Å². The number of carbonyl (C=O) groups is 3. The SMILES string of the molecule is Cc1ccc(C(=O)O)cc1.Cc1ccc(I)cc1.Cc1ccc([N+](=O)[O-])cc1.N#[N+]c1cccc2c1C(=O)C1C=CC=CC1C2=O. The smallest absolute Gasteiger partial charge is 0.396 e. The molecule has 0 heterocycles. The molecular weight excluding hydrogens is 697 g/mol. The van der Waals surface area contributed by atoms with E-state index in [4.69, 9.17) is 10.5 Å². The Bertz CT molecular complexity index is 1750. The van der Waals surface area contributed by atoms with Crippen molar-refractivity contribution >= 4 is 51.5 Å². The standard InChI is InChI=1S/C14H9N2O2.C8H8O2.C7H7I.C7H7NO2/c15-16-11-7-3-6-10-12(11)14(18)9-5-2-1-4-8(9)13(10)17;1-6-2-4-7(5-3-6)8(9)10;1-6-2-4-7(8)5-3-6;1-6-2-4-7(5-3-6)8(9)10/h1-9H;2-5H,1H3,(H,9,10);2-5H,1H3;2-5H,1H3/q+1;;;. The van der Waals surface area contributed by atoms with E-state index in [1.807, 2.05) is 13.8 Å². The normalized spacial score (nSPS) is 15.2. The molecule has 0 saturated heterocycles. The van der Waals surface area contributed by atoms with Gasteiger partial charge in [0.2, 0.25) is 5.39 Å². The lowest BCUT2D eigenvalue weighted by atomic mass is 9.72. The van der Waals surface area contributed by atoms with Gasteiger partial charge < -0.3 is 5.11 Å². The minimum absolute atomic E-state index is 0.0966. The number of non-ortho nitro benzene ring substituents is 1. The van der Waals surface area contributed by atoms with Crippen LogP contribution >= 0.6 is 22.6 Å². The predicted molar refractivity (Wildman–Crippen MR) is 185 cm³/mol. The summed E-state index contributed by atoms with van der Waals surface area (Å²) < 4.78 is 1.30. The minimum atomic E-state index is -0.875. The van der Waals surface area contributed by atoms with E-state index < -0.39 is 22.7 Å². The minimum Gasteiger partial charge on any atom is -0.478 e. The van der Waals surface area contributed by atoms with Crippen molar-refractivity contribution in [3.63, 3.8) is 0 Å². The van der Waals surface area contributed by atoms with Gasteiger partial charge in [0.15, 0.2) is 16.5 Å². The van der Waals surface area contributed by atoms with Crippen molar-refractivity contribution < 1.29 is 24.4 Å². The molecule has 0 fully saturated rings. The zero-order valence-corrected chi connectivity index (χ0v) is 27.5. The number of diazo groups is 1. The molecule has 2 atom stereocenters. The lowest BCUT2D eigenvalue weighted by molar-refractivity contribution is -0.384. The highest BCUT2D eigenvalue weighted by atomic mass is 127. The maximum atomic E-state index is 12.4. The Kier molecular flexibility index (Phi) is 12.8. The van der Waals surface area contributed by atoms with Gasteiger partial charge in [-0.25, -0.2) is 4.79 Å². The largest absolute Gasteiger partial charge is 0.478 e. The lowest BCUT2D eigenvalue weighted by Gasteiger charge is -2.26. The van der Waals surface area contributed by atoms with Gasteiger partial charge in [-0.2, -0.15) is 0 Å². The molecular formula is C36H31IN3O6+. The lowest BCUT2D eigenvalue weighted by Crippen LogP contribution is -2.35. The number of rotatable bonds is 2. The third kappa shape index (κ3) is 9.61. The maximum Gasteiger partial charge on any atom is 0.396 e. The number of aryl methyl sites for hydroxylation is 3. The van der Waals surface area contributed by atoms with Crippen LogP contribution in [-0.2, 0) is 0 Å². The number of carboxylic acid groups (broad SMARTS) is 1. The van der Waals surface area contributed by atoms with Crippen LogP contribution < -0.4 is 0 Å². The Labute approximate surface area is 280 Å². The Morgan fingerprint density at radius 2 is 1.26 bits per heavy atom. The summed E-state index contributed by atoms with van der Waals surface area (Å²) in [6, 6.07) is 26.4. The van der Waals surface area contributed by atoms with Gasteiger partial charge in [0.05, 0.1) is 22.3 Å². The first-order valence-electron chi connectivity index (χ1n) is 14.1. The van der Waals surface area contributed by atoms with Gasteiger partial charge in [0.25, 0.3) is 5.69 Å². The molecule has 0 bridgehead atoms. The first-order valence-corrected chi connectivity index (χ1v) is 15.2. The monoisotopic (exact) mass is 728 g/mol. The van der Waals surface area contributed by atoms with E-state index in [1.54, 1.807) is 72.8 Å². The Morgan fingerprint density at radius 3 is 1.72 bits per heavy atom. The van der Waals surface area contributed by atoms with Crippen LogP contribution in [0, 0.1) is 51.7 Å². The van der Waals surface area contributed by atoms with Gasteiger partial charge in [-0.05, 0) is 67.6 Å². The highest BCUT2D eigenvalue weighted by molar-refractivity contribution is 14.1. The molecule has 4 aromatic rings. The number of benzene rings is 4. The summed E-state index contributed by atoms with van der Waals surface area (Å²) in [5.41, 5.74) is 4.65. The molecule has 0 spiro atoms. The van der Waals surface area contributed by atoms with Gasteiger partial charge in [-0.1, -0.05) is 89.5 Å². The molecule has 0 radical (unpaired) electrons. The molecule has 2 aliphatic rings. The summed E-state index contributed by atoms with van der Waals surface area (Å²) in [4.78, 5) is 47.8. The number of nitro benzene ring substituents is 1. The third-order valence-electron chi connectivity index (χ3n) is 6.96. The fourth-order valence-corrected chi connectivity index (χ4v) is 4.80. The Morgan fingerprint density at radius 1 is 0.783 bits per heavy atom. The molecule has 0 saturated carbocycles. The molecule has 10 heteroatoms. The molecule has 4 aromatic carbocycles. The third-order valence-corrected chi connectivity index (χ3v) is 7.68. The number of hydrogen-bond acceptors (Lipinski definition) is 6. The zero-order valence-electron chi connectivity index (χ0n) is 25.3. The van der Waals surface area contributed by atoms with E-state index in [0.29, 0.717) is 11.1 Å². The molecule has 6 rings (SSSR count). The van der Waals surface area contributed by atoms with Crippen molar-refractivity contribution in [1.82, 2.24) is 0 Å². The second-order valence-corrected chi connectivity index (χ2v) is 11.7. The number of hydrogen-bond donors (Lipinski definition) is 1. The molecule has 0 amide bonds. The summed E-state index contributed by atoms with van der Waals surface area (Å²) in [7, 11) is 0. The first kappa shape index (κ1) is 35.2. The van der Waals surface area contributed by atoms with Crippen molar-refractivity contribution in [2.45, 2.75) is 20.8 Å². The van der Waals surface area contributed by atoms with Crippen LogP contribution in [0.3, 0.4) is 0 Å². The van der Waals surface area contributed by atoms with E-state index >= 15 is 0 Å². The van der Waals surface area contributed by atoms with Gasteiger partial charge in [0, 0.05) is 27.3 Å². The number of carbonyl (C=O) groups excluding carboxylic acids is 2. The van der Waals surface area contributed by atoms with Gasteiger partial charge >= 0.3 is 11.7 Å². The number of nitrogens with zero attached hydrogens (tertiary/aromatic N) is 3. The second-order valence-electron chi connectivity index (χ2n) is 10.4. The quantitative estimate of drug-likeness (QED) is 0.0939. The van der Waals surface area contributed by atoms with E-state index in [9.17, 15) is 24.5 Å². The van der Waals surface area contributed by atoms with Crippen LogP contribution in [0.1, 0.15) is 47.8 Å². The van der Waals surface area contributed by atoms with Gasteiger partial charge in [-0.15, -0.1) is 0 Å². The highest BCUT2D eigenvalue weighted by Crippen LogP contribution is 2.38. The number of fused-ring (bicyclic) bond motifs is 2. The summed E-state index contributed by atoms with van der Waals surface area (Å²) >= 11 is 2.30. The molecule has 1 N–H and O–H groups in total. The van der Waals surface area contributed by atoms with E-state index in [0.717, 1.165) is 11.1 Å². The average molecular weight is 729 g/mol. The van der Waals surface area contributed by atoms with Crippen LogP contribution in [0.15, 0.2) is 115 Å². The molecule has 232 valence electrons. The number of Topliss-reactive ketones (excluding diaryl/α,β-unsaturated/α-hetero) is 2. The fourth-order valence-electron chi connectivity index (χ4n) is 4.44. The van der Waals surface area contributed by atoms with Crippen LogP contribution in [0.5, 0.6) is 0 Å². The number of halogens is 1. The molecule has 9 nitrogen and oxygen atoms in total. The topological polar surface area (TPSA) is 143 Å². The van der Waals surface area contributed by atoms with Crippen molar-refractivity contribution in [3.8, 4) is 0 Å². The van der Waals surface area contributed by atoms with Crippen molar-refractivity contribution in [2.24, 2.45) is 11.8 Å². The maximum absolute atomic E-state index is 12.4. The van der Waals surface area contributed by atoms with Crippen molar-refractivity contribution in [3.05, 3.63) is 167 Å². The Balaban J connectivity index is 0.000000178. The highest BCUT2D eigenvalue weighted by Gasteiger charge is 2.43.